The van der Waals surface area contributed by atoms with Crippen molar-refractivity contribution in [3.05, 3.63) is 11.7 Å². The molecule has 118 valence electrons. The first kappa shape index (κ1) is 14.9. The number of methoxy groups -OCH3 is 1. The van der Waals surface area contributed by atoms with E-state index in [2.05, 4.69) is 10.1 Å². The van der Waals surface area contributed by atoms with Gasteiger partial charge in [0.05, 0.1) is 12.0 Å². The predicted molar refractivity (Wildman–Crippen MR) is 74.9 cm³/mol. The van der Waals surface area contributed by atoms with Crippen LogP contribution < -0.4 is 0 Å². The summed E-state index contributed by atoms with van der Waals surface area (Å²) in [5, 5.41) is 14.4. The van der Waals surface area contributed by atoms with Crippen LogP contribution in [0, 0.1) is 0 Å². The van der Waals surface area contributed by atoms with Crippen molar-refractivity contribution in [3.63, 3.8) is 0 Å². The number of aromatic nitrogens is 2. The summed E-state index contributed by atoms with van der Waals surface area (Å²) in [6.45, 7) is 1.29. The van der Waals surface area contributed by atoms with E-state index in [1.54, 1.807) is 7.11 Å². The Kier molecular flexibility index (Phi) is 4.57. The fourth-order valence-corrected chi connectivity index (χ4v) is 3.37. The van der Waals surface area contributed by atoms with Gasteiger partial charge in [0.25, 0.3) is 0 Å². The third-order valence-corrected chi connectivity index (χ3v) is 4.84. The molecule has 1 saturated carbocycles. The minimum absolute atomic E-state index is 0.0394. The van der Waals surface area contributed by atoms with Crippen LogP contribution in [0.3, 0.4) is 0 Å². The molecule has 6 nitrogen and oxygen atoms in total. The van der Waals surface area contributed by atoms with Crippen LogP contribution in [-0.2, 0) is 15.1 Å². The number of hydrogen-bond acceptors (Lipinski definition) is 6. The van der Waals surface area contributed by atoms with Crippen molar-refractivity contribution < 1.29 is 19.1 Å². The molecule has 1 aromatic heterocycles. The maximum absolute atomic E-state index is 10.3. The maximum Gasteiger partial charge on any atom is 0.232 e. The number of hydrogen-bond donors (Lipinski definition) is 1. The molecule has 0 radical (unpaired) electrons. The van der Waals surface area contributed by atoms with E-state index in [1.165, 1.54) is 0 Å². The van der Waals surface area contributed by atoms with Gasteiger partial charge in [-0.15, -0.1) is 0 Å². The highest BCUT2D eigenvalue weighted by molar-refractivity contribution is 5.06. The van der Waals surface area contributed by atoms with Gasteiger partial charge in [-0.25, -0.2) is 0 Å². The summed E-state index contributed by atoms with van der Waals surface area (Å²) in [6.07, 6.45) is 6.13. The fraction of sp³-hybridized carbons (Fsp3) is 0.867. The summed E-state index contributed by atoms with van der Waals surface area (Å²) in [5.41, 5.74) is -0.504. The molecule has 1 saturated heterocycles. The maximum atomic E-state index is 10.3. The van der Waals surface area contributed by atoms with Crippen molar-refractivity contribution in [1.29, 1.82) is 0 Å². The lowest BCUT2D eigenvalue weighted by Crippen LogP contribution is -2.36. The summed E-state index contributed by atoms with van der Waals surface area (Å²) >= 11 is 0. The fourth-order valence-electron chi connectivity index (χ4n) is 3.37. The lowest BCUT2D eigenvalue weighted by molar-refractivity contribution is -0.101. The summed E-state index contributed by atoms with van der Waals surface area (Å²) in [4.78, 5) is 4.57. The standard InChI is InChI=1S/C15H24N2O4/c1-19-15(7-9-20-10-8-15)14-16-13(21-17-14)11-5-3-2-4-6-12(11)18/h11-12,18H,2-10H2,1H3. The van der Waals surface area contributed by atoms with E-state index >= 15 is 0 Å². The van der Waals surface area contributed by atoms with Crippen molar-refractivity contribution in [2.45, 2.75) is 62.6 Å². The van der Waals surface area contributed by atoms with Crippen LogP contribution in [0.5, 0.6) is 0 Å². The van der Waals surface area contributed by atoms with Crippen molar-refractivity contribution in [2.24, 2.45) is 0 Å². The van der Waals surface area contributed by atoms with Gasteiger partial charge in [0.1, 0.15) is 5.60 Å². The van der Waals surface area contributed by atoms with Gasteiger partial charge in [-0.2, -0.15) is 4.98 Å². The van der Waals surface area contributed by atoms with E-state index < -0.39 is 5.60 Å². The number of nitrogens with zero attached hydrogens (tertiary/aromatic N) is 2. The summed E-state index contributed by atoms with van der Waals surface area (Å²) in [6, 6.07) is 0. The van der Waals surface area contributed by atoms with E-state index in [9.17, 15) is 5.11 Å². The Morgan fingerprint density at radius 3 is 2.71 bits per heavy atom. The molecule has 0 amide bonds. The first-order chi connectivity index (χ1) is 10.2. The molecule has 21 heavy (non-hydrogen) atoms. The lowest BCUT2D eigenvalue weighted by atomic mass is 9.93. The van der Waals surface area contributed by atoms with Gasteiger partial charge >= 0.3 is 0 Å². The largest absolute Gasteiger partial charge is 0.392 e. The predicted octanol–water partition coefficient (Wildman–Crippen LogP) is 2.13. The molecule has 2 aliphatic rings. The molecule has 0 spiro atoms. The highest BCUT2D eigenvalue weighted by Crippen LogP contribution is 2.36. The van der Waals surface area contributed by atoms with Gasteiger partial charge in [0.2, 0.25) is 11.7 Å². The SMILES string of the molecule is COC1(c2noc(C3CCCCCC3O)n2)CCOCC1. The highest BCUT2D eigenvalue weighted by Gasteiger charge is 2.40. The van der Waals surface area contributed by atoms with E-state index in [0.717, 1.165) is 44.9 Å². The van der Waals surface area contributed by atoms with Crippen LogP contribution in [-0.4, -0.2) is 41.7 Å². The summed E-state index contributed by atoms with van der Waals surface area (Å²) < 4.78 is 16.6. The summed E-state index contributed by atoms with van der Waals surface area (Å²) in [7, 11) is 1.68. The van der Waals surface area contributed by atoms with Gasteiger partial charge in [-0.1, -0.05) is 24.4 Å². The average Bonchev–Trinajstić information content (AvgIpc) is 2.92. The van der Waals surface area contributed by atoms with Crippen LogP contribution in [0.1, 0.15) is 62.6 Å². The minimum Gasteiger partial charge on any atom is -0.392 e. The Morgan fingerprint density at radius 1 is 1.19 bits per heavy atom. The first-order valence-corrected chi connectivity index (χ1v) is 7.90. The lowest BCUT2D eigenvalue weighted by Gasteiger charge is -2.32. The average molecular weight is 296 g/mol. The third-order valence-electron chi connectivity index (χ3n) is 4.84. The van der Waals surface area contributed by atoms with Crippen LogP contribution in [0.2, 0.25) is 0 Å². The van der Waals surface area contributed by atoms with E-state index in [1.807, 2.05) is 0 Å². The van der Waals surface area contributed by atoms with Gasteiger partial charge < -0.3 is 19.1 Å². The molecular weight excluding hydrogens is 272 g/mol. The van der Waals surface area contributed by atoms with Crippen molar-refractivity contribution in [2.75, 3.05) is 20.3 Å². The molecule has 2 fully saturated rings. The quantitative estimate of drug-likeness (QED) is 0.861. The highest BCUT2D eigenvalue weighted by atomic mass is 16.5. The van der Waals surface area contributed by atoms with Gasteiger partial charge in [-0.3, -0.25) is 0 Å². The second-order valence-electron chi connectivity index (χ2n) is 6.08. The smallest absolute Gasteiger partial charge is 0.232 e. The van der Waals surface area contributed by atoms with Gasteiger partial charge in [0.15, 0.2) is 0 Å². The second-order valence-corrected chi connectivity index (χ2v) is 6.08. The van der Waals surface area contributed by atoms with Crippen molar-refractivity contribution in [1.82, 2.24) is 10.1 Å². The van der Waals surface area contributed by atoms with Crippen LogP contribution >= 0.6 is 0 Å². The third kappa shape index (κ3) is 2.98. The van der Waals surface area contributed by atoms with Crippen molar-refractivity contribution in [3.8, 4) is 0 Å². The zero-order valence-corrected chi connectivity index (χ0v) is 12.6. The topological polar surface area (TPSA) is 77.6 Å². The van der Waals surface area contributed by atoms with E-state index in [4.69, 9.17) is 14.0 Å². The number of rotatable bonds is 3. The number of aliphatic hydroxyl groups is 1. The molecule has 1 aliphatic heterocycles. The second kappa shape index (κ2) is 6.42. The molecule has 0 bridgehead atoms. The zero-order valence-electron chi connectivity index (χ0n) is 12.6. The number of ether oxygens (including phenoxy) is 2. The normalized spacial score (nSPS) is 30.0. The molecule has 6 heteroatoms. The molecule has 1 aromatic rings. The molecule has 0 aromatic carbocycles. The Hall–Kier alpha value is -0.980. The van der Waals surface area contributed by atoms with Gasteiger partial charge in [-0.05, 0) is 12.8 Å². The molecule has 1 N–H and O–H groups in total. The summed E-state index contributed by atoms with van der Waals surface area (Å²) in [5.74, 6) is 1.12. The zero-order chi connectivity index (χ0) is 14.7. The van der Waals surface area contributed by atoms with Crippen LogP contribution in [0.15, 0.2) is 4.52 Å². The van der Waals surface area contributed by atoms with E-state index in [-0.39, 0.29) is 12.0 Å². The van der Waals surface area contributed by atoms with Crippen LogP contribution in [0.4, 0.5) is 0 Å². The Labute approximate surface area is 124 Å². The van der Waals surface area contributed by atoms with E-state index in [0.29, 0.717) is 24.9 Å². The Morgan fingerprint density at radius 2 is 1.95 bits per heavy atom. The first-order valence-electron chi connectivity index (χ1n) is 7.90. The van der Waals surface area contributed by atoms with Crippen molar-refractivity contribution >= 4 is 0 Å². The molecule has 2 atom stereocenters. The Bertz CT molecular complexity index is 456. The molecule has 1 aliphatic carbocycles. The molecular formula is C15H24N2O4. The minimum atomic E-state index is -0.504. The molecule has 2 heterocycles. The molecule has 2 unspecified atom stereocenters. The van der Waals surface area contributed by atoms with Crippen LogP contribution in [0.25, 0.3) is 0 Å². The Balaban J connectivity index is 1.81. The van der Waals surface area contributed by atoms with Gasteiger partial charge in [0, 0.05) is 33.2 Å². The monoisotopic (exact) mass is 296 g/mol. The number of aliphatic hydroxyl groups excluding tert-OH is 1. The molecule has 3 rings (SSSR count).